The number of nitrogens with one attached hydrogen (secondary N) is 1. The van der Waals surface area contributed by atoms with Crippen LogP contribution in [0.15, 0.2) is 30.3 Å². The lowest BCUT2D eigenvalue weighted by molar-refractivity contribution is 0.274. The molecule has 1 aromatic carbocycles. The zero-order valence-electron chi connectivity index (χ0n) is 7.73. The van der Waals surface area contributed by atoms with E-state index in [1.165, 1.54) is 0 Å². The number of hydrogen-bond acceptors (Lipinski definition) is 4. The van der Waals surface area contributed by atoms with Crippen LogP contribution in [0.3, 0.4) is 0 Å². The smallest absolute Gasteiger partial charge is 0.118 e. The SMILES string of the molecule is COc1ccccc1.N.OC1CN1. The molecule has 2 rings (SSSR count). The Bertz CT molecular complexity index is 212. The topological polar surface area (TPSA) is 86.4 Å². The van der Waals surface area contributed by atoms with E-state index in [0.717, 1.165) is 12.3 Å². The molecule has 4 nitrogen and oxygen atoms in total. The summed E-state index contributed by atoms with van der Waals surface area (Å²) in [4.78, 5) is 0. The van der Waals surface area contributed by atoms with Crippen LogP contribution in [0.5, 0.6) is 5.75 Å². The van der Waals surface area contributed by atoms with Crippen LogP contribution in [0, 0.1) is 0 Å². The van der Waals surface area contributed by atoms with Crippen LogP contribution in [-0.2, 0) is 0 Å². The Labute approximate surface area is 78.1 Å². The number of β-amino-alcohol motifs (C(OH)–C–C–N with tert-alkyl or cyclic N) is 1. The molecule has 1 unspecified atom stereocenters. The van der Waals surface area contributed by atoms with Crippen molar-refractivity contribution in [1.29, 1.82) is 0 Å². The molecule has 0 radical (unpaired) electrons. The summed E-state index contributed by atoms with van der Waals surface area (Å²) in [7, 11) is 1.66. The summed E-state index contributed by atoms with van der Waals surface area (Å²) in [6, 6.07) is 9.68. The second-order valence-corrected chi connectivity index (χ2v) is 2.44. The maximum Gasteiger partial charge on any atom is 0.118 e. The minimum absolute atomic E-state index is 0. The normalized spacial score (nSPS) is 17.5. The van der Waals surface area contributed by atoms with Gasteiger partial charge < -0.3 is 16.0 Å². The third kappa shape index (κ3) is 6.10. The average molecular weight is 184 g/mol. The number of aliphatic hydroxyl groups excluding tert-OH is 1. The maximum atomic E-state index is 8.06. The molecular formula is C9H16N2O2. The van der Waals surface area contributed by atoms with Crippen molar-refractivity contribution in [1.82, 2.24) is 11.5 Å². The zero-order valence-corrected chi connectivity index (χ0v) is 7.73. The monoisotopic (exact) mass is 184 g/mol. The Hall–Kier alpha value is -1.10. The van der Waals surface area contributed by atoms with Crippen molar-refractivity contribution in [3.63, 3.8) is 0 Å². The van der Waals surface area contributed by atoms with Crippen LogP contribution in [0.4, 0.5) is 0 Å². The molecule has 1 aliphatic heterocycles. The van der Waals surface area contributed by atoms with Gasteiger partial charge in [-0.15, -0.1) is 0 Å². The molecule has 0 aliphatic carbocycles. The highest BCUT2D eigenvalue weighted by Crippen LogP contribution is 2.05. The van der Waals surface area contributed by atoms with E-state index in [9.17, 15) is 0 Å². The molecule has 1 saturated heterocycles. The van der Waals surface area contributed by atoms with Gasteiger partial charge in [0.1, 0.15) is 12.0 Å². The van der Waals surface area contributed by atoms with Gasteiger partial charge in [0.15, 0.2) is 0 Å². The first kappa shape index (κ1) is 11.9. The van der Waals surface area contributed by atoms with E-state index in [0.29, 0.717) is 0 Å². The van der Waals surface area contributed by atoms with Gasteiger partial charge in [0.25, 0.3) is 0 Å². The third-order valence-electron chi connectivity index (χ3n) is 1.37. The summed E-state index contributed by atoms with van der Waals surface area (Å²) in [5.74, 6) is 0.910. The lowest BCUT2D eigenvalue weighted by Gasteiger charge is -1.93. The summed E-state index contributed by atoms with van der Waals surface area (Å²) in [5.41, 5.74) is 0. The summed E-state index contributed by atoms with van der Waals surface area (Å²) < 4.78 is 4.91. The van der Waals surface area contributed by atoms with Gasteiger partial charge >= 0.3 is 0 Å². The fourth-order valence-corrected chi connectivity index (χ4v) is 0.609. The molecule has 5 N–H and O–H groups in total. The number of methoxy groups -OCH3 is 1. The lowest BCUT2D eigenvalue weighted by atomic mass is 10.3. The molecule has 0 aromatic heterocycles. The summed E-state index contributed by atoms with van der Waals surface area (Å²) in [5, 5.41) is 10.7. The number of aliphatic hydroxyl groups is 1. The van der Waals surface area contributed by atoms with E-state index in [1.54, 1.807) is 7.11 Å². The molecule has 4 heteroatoms. The highest BCUT2D eigenvalue weighted by Gasteiger charge is 2.13. The number of ether oxygens (including phenoxy) is 1. The third-order valence-corrected chi connectivity index (χ3v) is 1.37. The van der Waals surface area contributed by atoms with Crippen LogP contribution >= 0.6 is 0 Å². The predicted octanol–water partition coefficient (Wildman–Crippen LogP) is 0.765. The number of hydrogen-bond donors (Lipinski definition) is 3. The van der Waals surface area contributed by atoms with Crippen molar-refractivity contribution in [2.45, 2.75) is 6.23 Å². The Morgan fingerprint density at radius 1 is 1.38 bits per heavy atom. The van der Waals surface area contributed by atoms with E-state index in [-0.39, 0.29) is 12.4 Å². The van der Waals surface area contributed by atoms with Crippen LogP contribution in [0.25, 0.3) is 0 Å². The minimum Gasteiger partial charge on any atom is -0.497 e. The second kappa shape index (κ2) is 6.42. The average Bonchev–Trinajstić information content (AvgIpc) is 2.90. The molecule has 0 spiro atoms. The van der Waals surface area contributed by atoms with Gasteiger partial charge in [-0.05, 0) is 12.1 Å². The summed E-state index contributed by atoms with van der Waals surface area (Å²) in [6.45, 7) is 0.792. The number of rotatable bonds is 1. The molecule has 13 heavy (non-hydrogen) atoms. The highest BCUT2D eigenvalue weighted by atomic mass is 16.5. The first-order chi connectivity index (χ1) is 5.83. The number of para-hydroxylation sites is 1. The van der Waals surface area contributed by atoms with E-state index >= 15 is 0 Å². The van der Waals surface area contributed by atoms with Crippen molar-refractivity contribution in [3.8, 4) is 5.75 Å². The van der Waals surface area contributed by atoms with Crippen LogP contribution < -0.4 is 16.2 Å². The van der Waals surface area contributed by atoms with Crippen molar-refractivity contribution < 1.29 is 9.84 Å². The Morgan fingerprint density at radius 3 is 2.08 bits per heavy atom. The minimum atomic E-state index is -0.167. The van der Waals surface area contributed by atoms with E-state index < -0.39 is 0 Å². The fraction of sp³-hybridized carbons (Fsp3) is 0.333. The van der Waals surface area contributed by atoms with Gasteiger partial charge in [-0.2, -0.15) is 0 Å². The highest BCUT2D eigenvalue weighted by molar-refractivity contribution is 5.20. The maximum absolute atomic E-state index is 8.06. The zero-order chi connectivity index (χ0) is 8.81. The van der Waals surface area contributed by atoms with Gasteiger partial charge in [-0.3, -0.25) is 5.32 Å². The van der Waals surface area contributed by atoms with E-state index in [2.05, 4.69) is 5.32 Å². The molecular weight excluding hydrogens is 168 g/mol. The molecule has 1 atom stereocenters. The second-order valence-electron chi connectivity index (χ2n) is 2.44. The van der Waals surface area contributed by atoms with E-state index in [4.69, 9.17) is 9.84 Å². The molecule has 0 amide bonds. The van der Waals surface area contributed by atoms with Gasteiger partial charge in [-0.25, -0.2) is 0 Å². The van der Waals surface area contributed by atoms with E-state index in [1.807, 2.05) is 30.3 Å². The molecule has 1 heterocycles. The van der Waals surface area contributed by atoms with Crippen LogP contribution in [-0.4, -0.2) is 25.0 Å². The molecule has 0 saturated carbocycles. The van der Waals surface area contributed by atoms with Crippen LogP contribution in [0.1, 0.15) is 0 Å². The molecule has 1 fully saturated rings. The Balaban J connectivity index is 0.000000245. The van der Waals surface area contributed by atoms with Gasteiger partial charge in [-0.1, -0.05) is 18.2 Å². The molecule has 74 valence electrons. The Morgan fingerprint density at radius 2 is 1.85 bits per heavy atom. The van der Waals surface area contributed by atoms with Crippen molar-refractivity contribution in [2.75, 3.05) is 13.7 Å². The lowest BCUT2D eigenvalue weighted by Crippen LogP contribution is -1.80. The largest absolute Gasteiger partial charge is 0.497 e. The van der Waals surface area contributed by atoms with Crippen molar-refractivity contribution in [2.24, 2.45) is 0 Å². The fourth-order valence-electron chi connectivity index (χ4n) is 0.609. The summed E-state index contributed by atoms with van der Waals surface area (Å²) in [6.07, 6.45) is -0.167. The van der Waals surface area contributed by atoms with Gasteiger partial charge in [0.2, 0.25) is 0 Å². The summed E-state index contributed by atoms with van der Waals surface area (Å²) >= 11 is 0. The van der Waals surface area contributed by atoms with Gasteiger partial charge in [0.05, 0.1) is 7.11 Å². The molecule has 1 aromatic rings. The van der Waals surface area contributed by atoms with Gasteiger partial charge in [0, 0.05) is 6.54 Å². The Kier molecular flexibility index (Phi) is 5.88. The van der Waals surface area contributed by atoms with Crippen molar-refractivity contribution in [3.05, 3.63) is 30.3 Å². The van der Waals surface area contributed by atoms with Crippen LogP contribution in [0.2, 0.25) is 0 Å². The van der Waals surface area contributed by atoms with Crippen molar-refractivity contribution >= 4 is 0 Å². The first-order valence-corrected chi connectivity index (χ1v) is 3.83. The number of benzene rings is 1. The quantitative estimate of drug-likeness (QED) is 0.562. The standard InChI is InChI=1S/C7H8O.C2H5NO.H3N/c1-8-7-5-3-2-4-6-7;4-2-1-3-2;/h2-6H,1H3;2-4H,1H2;1H3. The first-order valence-electron chi connectivity index (χ1n) is 3.83. The molecule has 1 aliphatic rings. The predicted molar refractivity (Wildman–Crippen MR) is 52.0 cm³/mol. The molecule has 0 bridgehead atoms.